The summed E-state index contributed by atoms with van der Waals surface area (Å²) in [5.74, 6) is 0.920. The normalized spacial score (nSPS) is 23.7. The molecular weight excluding hydrogens is 367 g/mol. The van der Waals surface area contributed by atoms with Gasteiger partial charge in [-0.05, 0) is 44.1 Å². The number of aromatic nitrogens is 1. The summed E-state index contributed by atoms with van der Waals surface area (Å²) in [6.07, 6.45) is 1.46. The minimum absolute atomic E-state index is 0.112. The van der Waals surface area contributed by atoms with Crippen LogP contribution in [0.25, 0.3) is 0 Å². The Morgan fingerprint density at radius 2 is 2.23 bits per heavy atom. The summed E-state index contributed by atoms with van der Waals surface area (Å²) in [7, 11) is 0. The highest BCUT2D eigenvalue weighted by Gasteiger charge is 2.31. The van der Waals surface area contributed by atoms with Crippen molar-refractivity contribution in [1.29, 1.82) is 0 Å². The number of halogens is 3. The maximum Gasteiger partial charge on any atom is 0.422 e. The lowest BCUT2D eigenvalue weighted by Crippen LogP contribution is -2.34. The molecule has 1 saturated carbocycles. The molecule has 9 heteroatoms. The molecule has 0 atom stereocenters. The fraction of sp³-hybridized carbons (Fsp3) is 0.706. The average Bonchev–Trinajstić information content (AvgIpc) is 2.92. The van der Waals surface area contributed by atoms with Crippen molar-refractivity contribution in [1.82, 2.24) is 9.88 Å². The van der Waals surface area contributed by atoms with E-state index in [1.807, 2.05) is 0 Å². The summed E-state index contributed by atoms with van der Waals surface area (Å²) < 4.78 is 41.5. The molecule has 1 aliphatic heterocycles. The Hall–Kier alpha value is -1.48. The molecule has 144 valence electrons. The van der Waals surface area contributed by atoms with Gasteiger partial charge in [0.05, 0.1) is 5.69 Å². The van der Waals surface area contributed by atoms with Crippen LogP contribution >= 0.6 is 11.3 Å². The standard InChI is InChI=1S/C17H22F3N3O2S/c1-11(24)21-8-13-6-12(7-13)2-4-23-5-3-15-14(9-23)22-16(26-15)25-10-17(18,19)20/h8,12-13H,2-7,9-10H2,1H3. The van der Waals surface area contributed by atoms with Crippen molar-refractivity contribution in [3.63, 3.8) is 0 Å². The molecule has 5 nitrogen and oxygen atoms in total. The summed E-state index contributed by atoms with van der Waals surface area (Å²) in [4.78, 5) is 22.2. The number of ether oxygens (including phenoxy) is 1. The van der Waals surface area contributed by atoms with E-state index in [-0.39, 0.29) is 11.1 Å². The van der Waals surface area contributed by atoms with Crippen LogP contribution < -0.4 is 4.74 Å². The van der Waals surface area contributed by atoms with Crippen molar-refractivity contribution >= 4 is 23.5 Å². The van der Waals surface area contributed by atoms with Crippen molar-refractivity contribution in [3.8, 4) is 5.19 Å². The zero-order valence-corrected chi connectivity index (χ0v) is 15.4. The highest BCUT2D eigenvalue weighted by Crippen LogP contribution is 2.36. The molecule has 1 amide bonds. The van der Waals surface area contributed by atoms with Crippen molar-refractivity contribution in [3.05, 3.63) is 10.6 Å². The molecule has 2 heterocycles. The van der Waals surface area contributed by atoms with Crippen LogP contribution in [0.15, 0.2) is 4.99 Å². The predicted octanol–water partition coefficient (Wildman–Crippen LogP) is 3.48. The van der Waals surface area contributed by atoms with Crippen LogP contribution in [0.1, 0.15) is 36.8 Å². The van der Waals surface area contributed by atoms with Crippen molar-refractivity contribution in [2.45, 2.75) is 45.3 Å². The van der Waals surface area contributed by atoms with Crippen LogP contribution in [0.3, 0.4) is 0 Å². The second kappa shape index (κ2) is 8.04. The monoisotopic (exact) mass is 389 g/mol. The Morgan fingerprint density at radius 1 is 1.46 bits per heavy atom. The van der Waals surface area contributed by atoms with Gasteiger partial charge in [-0.1, -0.05) is 11.3 Å². The molecule has 0 N–H and O–H groups in total. The maximum absolute atomic E-state index is 12.2. The number of hydrogen-bond donors (Lipinski definition) is 0. The minimum atomic E-state index is -4.34. The summed E-state index contributed by atoms with van der Waals surface area (Å²) in [6, 6.07) is 0. The Morgan fingerprint density at radius 3 is 2.92 bits per heavy atom. The van der Waals surface area contributed by atoms with E-state index >= 15 is 0 Å². The van der Waals surface area contributed by atoms with Gasteiger partial charge in [-0.2, -0.15) is 13.2 Å². The first-order valence-corrected chi connectivity index (χ1v) is 9.55. The summed E-state index contributed by atoms with van der Waals surface area (Å²) in [6.45, 7) is 2.68. The molecular formula is C17H22F3N3O2S. The van der Waals surface area contributed by atoms with Gasteiger partial charge in [0, 0.05) is 31.1 Å². The molecule has 1 fully saturated rings. The maximum atomic E-state index is 12.2. The van der Waals surface area contributed by atoms with Crippen LogP contribution in [-0.2, 0) is 17.8 Å². The van der Waals surface area contributed by atoms with Gasteiger partial charge in [-0.15, -0.1) is 0 Å². The Bertz CT molecular complexity index is 669. The van der Waals surface area contributed by atoms with Crippen molar-refractivity contribution in [2.75, 3.05) is 19.7 Å². The van der Waals surface area contributed by atoms with Crippen molar-refractivity contribution in [2.24, 2.45) is 16.8 Å². The van der Waals surface area contributed by atoms with Crippen molar-refractivity contribution < 1.29 is 22.7 Å². The number of thiazole rings is 1. The Balaban J connectivity index is 1.40. The van der Waals surface area contributed by atoms with E-state index in [9.17, 15) is 18.0 Å². The van der Waals surface area contributed by atoms with E-state index in [0.29, 0.717) is 18.4 Å². The largest absolute Gasteiger partial charge is 0.460 e. The van der Waals surface area contributed by atoms with Gasteiger partial charge in [0.2, 0.25) is 5.91 Å². The van der Waals surface area contributed by atoms with Crippen LogP contribution in [0.4, 0.5) is 13.2 Å². The zero-order chi connectivity index (χ0) is 18.7. The number of nitrogens with zero attached hydrogens (tertiary/aromatic N) is 3. The molecule has 0 radical (unpaired) electrons. The van der Waals surface area contributed by atoms with Crippen LogP contribution in [0, 0.1) is 11.8 Å². The topological polar surface area (TPSA) is 54.8 Å². The van der Waals surface area contributed by atoms with E-state index in [1.54, 1.807) is 6.21 Å². The molecule has 0 bridgehead atoms. The molecule has 1 aromatic heterocycles. The number of alkyl halides is 3. The lowest BCUT2D eigenvalue weighted by Gasteiger charge is -2.35. The number of carbonyl (C=O) groups is 1. The molecule has 2 aliphatic rings. The third-order valence-corrected chi connectivity index (χ3v) is 5.81. The van der Waals surface area contributed by atoms with Gasteiger partial charge in [-0.3, -0.25) is 9.69 Å². The fourth-order valence-electron chi connectivity index (χ4n) is 3.35. The molecule has 3 rings (SSSR count). The number of aliphatic imine (C=N–C) groups is 1. The summed E-state index contributed by atoms with van der Waals surface area (Å²) >= 11 is 1.22. The smallest absolute Gasteiger partial charge is 0.422 e. The third-order valence-electron chi connectivity index (χ3n) is 4.74. The molecule has 0 aromatic carbocycles. The van der Waals surface area contributed by atoms with Gasteiger partial charge in [0.1, 0.15) is 0 Å². The highest BCUT2D eigenvalue weighted by atomic mass is 32.1. The Labute approximate surface area is 154 Å². The predicted molar refractivity (Wildman–Crippen MR) is 92.6 cm³/mol. The fourth-order valence-corrected chi connectivity index (χ4v) is 4.25. The lowest BCUT2D eigenvalue weighted by atomic mass is 9.74. The first-order chi connectivity index (χ1) is 12.3. The van der Waals surface area contributed by atoms with Crippen LogP contribution in [0.2, 0.25) is 0 Å². The van der Waals surface area contributed by atoms with Crippen LogP contribution in [-0.4, -0.2) is 47.9 Å². The van der Waals surface area contributed by atoms with Crippen LogP contribution in [0.5, 0.6) is 5.19 Å². The first kappa shape index (κ1) is 19.3. The molecule has 1 aliphatic carbocycles. The highest BCUT2D eigenvalue weighted by molar-refractivity contribution is 7.13. The number of carbonyl (C=O) groups excluding carboxylic acids is 1. The van der Waals surface area contributed by atoms with E-state index in [2.05, 4.69) is 14.9 Å². The molecule has 26 heavy (non-hydrogen) atoms. The summed E-state index contributed by atoms with van der Waals surface area (Å²) in [5.41, 5.74) is 0.846. The molecule has 0 spiro atoms. The van der Waals surface area contributed by atoms with Gasteiger partial charge < -0.3 is 4.74 Å². The number of amides is 1. The molecule has 1 aromatic rings. The second-order valence-electron chi connectivity index (χ2n) is 6.96. The first-order valence-electron chi connectivity index (χ1n) is 8.74. The zero-order valence-electron chi connectivity index (χ0n) is 14.6. The molecule has 0 unspecified atom stereocenters. The lowest BCUT2D eigenvalue weighted by molar-refractivity contribution is -0.153. The van der Waals surface area contributed by atoms with E-state index in [0.717, 1.165) is 49.3 Å². The number of rotatable bonds is 6. The van der Waals surface area contributed by atoms with Gasteiger partial charge in [0.25, 0.3) is 5.19 Å². The number of fused-ring (bicyclic) bond motifs is 1. The second-order valence-corrected chi connectivity index (χ2v) is 8.01. The number of hydrogen-bond acceptors (Lipinski definition) is 5. The van der Waals surface area contributed by atoms with E-state index in [1.165, 1.54) is 18.3 Å². The van der Waals surface area contributed by atoms with E-state index in [4.69, 9.17) is 4.74 Å². The third kappa shape index (κ3) is 5.51. The SMILES string of the molecule is CC(=O)N=CC1CC(CCN2CCc3sc(OCC(F)(F)F)nc3C2)C1. The Kier molecular flexibility index (Phi) is 5.96. The minimum Gasteiger partial charge on any atom is -0.460 e. The van der Waals surface area contributed by atoms with Gasteiger partial charge in [0.15, 0.2) is 6.61 Å². The van der Waals surface area contributed by atoms with Gasteiger partial charge >= 0.3 is 6.18 Å². The quantitative estimate of drug-likeness (QED) is 0.699. The van der Waals surface area contributed by atoms with E-state index < -0.39 is 12.8 Å². The average molecular weight is 389 g/mol. The summed E-state index contributed by atoms with van der Waals surface area (Å²) in [5, 5.41) is 0.112. The van der Waals surface area contributed by atoms with Gasteiger partial charge in [-0.25, -0.2) is 9.98 Å². The molecule has 0 saturated heterocycles.